The first kappa shape index (κ1) is 12.1. The predicted octanol–water partition coefficient (Wildman–Crippen LogP) is 2.49. The van der Waals surface area contributed by atoms with Crippen LogP contribution in [0.2, 0.25) is 0 Å². The Morgan fingerprint density at radius 2 is 2.35 bits per heavy atom. The predicted molar refractivity (Wildman–Crippen MR) is 70.0 cm³/mol. The van der Waals surface area contributed by atoms with Crippen LogP contribution in [0, 0.1) is 5.92 Å². The quantitative estimate of drug-likeness (QED) is 0.866. The molecule has 2 heterocycles. The van der Waals surface area contributed by atoms with Crippen LogP contribution in [-0.4, -0.2) is 24.2 Å². The molecule has 1 N–H and O–H groups in total. The molecule has 2 rings (SSSR count). The first-order valence-corrected chi connectivity index (χ1v) is 6.24. The van der Waals surface area contributed by atoms with Crippen LogP contribution >= 0.6 is 0 Å². The van der Waals surface area contributed by atoms with Gasteiger partial charge >= 0.3 is 0 Å². The van der Waals surface area contributed by atoms with Crippen LogP contribution in [0.25, 0.3) is 6.08 Å². The summed E-state index contributed by atoms with van der Waals surface area (Å²) in [6.07, 6.45) is 9.44. The van der Waals surface area contributed by atoms with Crippen molar-refractivity contribution in [2.24, 2.45) is 5.92 Å². The van der Waals surface area contributed by atoms with Gasteiger partial charge in [0, 0.05) is 12.7 Å². The molecule has 1 aromatic heterocycles. The minimum absolute atomic E-state index is 0.190. The Morgan fingerprint density at radius 3 is 3.06 bits per heavy atom. The average Bonchev–Trinajstić information content (AvgIpc) is 2.79. The van der Waals surface area contributed by atoms with Crippen LogP contribution in [0.3, 0.4) is 0 Å². The standard InChI is InChI=1S/C14H20N2O/c1-11(2)17-14-7-13(9-16-10-14)4-3-12-5-6-15-8-12/h3-4,7,9-12,15H,5-6,8H2,1-2H3/b4-3+/t12-/m0/s1. The Labute approximate surface area is 103 Å². The van der Waals surface area contributed by atoms with Crippen molar-refractivity contribution in [3.63, 3.8) is 0 Å². The number of aromatic nitrogens is 1. The van der Waals surface area contributed by atoms with E-state index in [2.05, 4.69) is 22.5 Å². The molecule has 0 amide bonds. The van der Waals surface area contributed by atoms with Crippen molar-refractivity contribution in [3.05, 3.63) is 30.1 Å². The van der Waals surface area contributed by atoms with E-state index < -0.39 is 0 Å². The minimum atomic E-state index is 0.190. The zero-order valence-corrected chi connectivity index (χ0v) is 10.5. The first-order valence-electron chi connectivity index (χ1n) is 6.24. The number of hydrogen-bond donors (Lipinski definition) is 1. The van der Waals surface area contributed by atoms with Gasteiger partial charge in [0.1, 0.15) is 5.75 Å². The molecule has 0 radical (unpaired) electrons. The molecular formula is C14H20N2O. The minimum Gasteiger partial charge on any atom is -0.489 e. The summed E-state index contributed by atoms with van der Waals surface area (Å²) in [6.45, 7) is 6.26. The van der Waals surface area contributed by atoms with Crippen molar-refractivity contribution < 1.29 is 4.74 Å². The molecule has 92 valence electrons. The molecule has 0 bridgehead atoms. The molecule has 3 heteroatoms. The molecule has 1 aliphatic rings. The van der Waals surface area contributed by atoms with Crippen molar-refractivity contribution in [3.8, 4) is 5.75 Å². The molecular weight excluding hydrogens is 212 g/mol. The Bertz CT molecular complexity index is 382. The van der Waals surface area contributed by atoms with Crippen LogP contribution in [0.4, 0.5) is 0 Å². The van der Waals surface area contributed by atoms with Gasteiger partial charge in [-0.25, -0.2) is 0 Å². The van der Waals surface area contributed by atoms with Gasteiger partial charge in [-0.1, -0.05) is 12.2 Å². The lowest BCUT2D eigenvalue weighted by Gasteiger charge is -2.09. The highest BCUT2D eigenvalue weighted by molar-refractivity contribution is 5.50. The first-order chi connectivity index (χ1) is 8.24. The Kier molecular flexibility index (Phi) is 4.15. The number of hydrogen-bond acceptors (Lipinski definition) is 3. The van der Waals surface area contributed by atoms with Gasteiger partial charge in [0.25, 0.3) is 0 Å². The largest absolute Gasteiger partial charge is 0.489 e. The Hall–Kier alpha value is -1.35. The molecule has 1 fully saturated rings. The zero-order valence-electron chi connectivity index (χ0n) is 10.5. The summed E-state index contributed by atoms with van der Waals surface area (Å²) in [4.78, 5) is 4.19. The highest BCUT2D eigenvalue weighted by Gasteiger charge is 2.10. The van der Waals surface area contributed by atoms with Crippen molar-refractivity contribution in [1.29, 1.82) is 0 Å². The zero-order chi connectivity index (χ0) is 12.1. The van der Waals surface area contributed by atoms with Gasteiger partial charge in [-0.05, 0) is 44.4 Å². The number of ether oxygens (including phenoxy) is 1. The fraction of sp³-hybridized carbons (Fsp3) is 0.500. The fourth-order valence-corrected chi connectivity index (χ4v) is 1.95. The Balaban J connectivity index is 2.00. The van der Waals surface area contributed by atoms with Gasteiger partial charge < -0.3 is 10.1 Å². The highest BCUT2D eigenvalue weighted by atomic mass is 16.5. The number of nitrogens with zero attached hydrogens (tertiary/aromatic N) is 1. The topological polar surface area (TPSA) is 34.1 Å². The van der Waals surface area contributed by atoms with Gasteiger partial charge in [-0.3, -0.25) is 4.98 Å². The lowest BCUT2D eigenvalue weighted by molar-refractivity contribution is 0.241. The lowest BCUT2D eigenvalue weighted by Crippen LogP contribution is -2.07. The van der Waals surface area contributed by atoms with E-state index in [1.165, 1.54) is 6.42 Å². The second kappa shape index (κ2) is 5.82. The molecule has 1 aliphatic heterocycles. The maximum atomic E-state index is 5.62. The molecule has 0 aromatic carbocycles. The summed E-state index contributed by atoms with van der Waals surface area (Å²) in [5.41, 5.74) is 1.11. The van der Waals surface area contributed by atoms with E-state index >= 15 is 0 Å². The highest BCUT2D eigenvalue weighted by Crippen LogP contribution is 2.16. The monoisotopic (exact) mass is 232 g/mol. The van der Waals surface area contributed by atoms with Gasteiger partial charge in [0.15, 0.2) is 0 Å². The smallest absolute Gasteiger partial charge is 0.138 e. The third-order valence-electron chi connectivity index (χ3n) is 2.77. The van der Waals surface area contributed by atoms with Crippen LogP contribution in [0.5, 0.6) is 5.75 Å². The van der Waals surface area contributed by atoms with Gasteiger partial charge in [0.05, 0.1) is 12.3 Å². The van der Waals surface area contributed by atoms with Crippen LogP contribution in [0.15, 0.2) is 24.5 Å². The number of nitrogens with one attached hydrogen (secondary N) is 1. The summed E-state index contributed by atoms with van der Waals surface area (Å²) in [7, 11) is 0. The third-order valence-corrected chi connectivity index (χ3v) is 2.77. The van der Waals surface area contributed by atoms with Gasteiger partial charge in [0.2, 0.25) is 0 Å². The average molecular weight is 232 g/mol. The molecule has 3 nitrogen and oxygen atoms in total. The summed E-state index contributed by atoms with van der Waals surface area (Å²) >= 11 is 0. The molecule has 1 aromatic rings. The Morgan fingerprint density at radius 1 is 1.47 bits per heavy atom. The van der Waals surface area contributed by atoms with Crippen LogP contribution in [-0.2, 0) is 0 Å². The normalized spacial score (nSPS) is 20.3. The van der Waals surface area contributed by atoms with E-state index in [1.54, 1.807) is 6.20 Å². The third kappa shape index (κ3) is 3.86. The van der Waals surface area contributed by atoms with E-state index in [4.69, 9.17) is 4.74 Å². The van der Waals surface area contributed by atoms with E-state index in [-0.39, 0.29) is 6.10 Å². The van der Waals surface area contributed by atoms with E-state index in [1.807, 2.05) is 26.1 Å². The van der Waals surface area contributed by atoms with Crippen molar-refractivity contribution >= 4 is 6.08 Å². The molecule has 1 saturated heterocycles. The summed E-state index contributed by atoms with van der Waals surface area (Å²) in [5, 5.41) is 3.35. The summed E-state index contributed by atoms with van der Waals surface area (Å²) < 4.78 is 5.62. The molecule has 0 saturated carbocycles. The summed E-state index contributed by atoms with van der Waals surface area (Å²) in [5.74, 6) is 1.50. The van der Waals surface area contributed by atoms with Crippen LogP contribution < -0.4 is 10.1 Å². The fourth-order valence-electron chi connectivity index (χ4n) is 1.95. The van der Waals surface area contributed by atoms with Crippen LogP contribution in [0.1, 0.15) is 25.8 Å². The second-order valence-electron chi connectivity index (χ2n) is 4.73. The summed E-state index contributed by atoms with van der Waals surface area (Å²) in [6, 6.07) is 2.03. The maximum absolute atomic E-state index is 5.62. The molecule has 0 unspecified atom stereocenters. The van der Waals surface area contributed by atoms with Gasteiger partial charge in [-0.2, -0.15) is 0 Å². The van der Waals surface area contributed by atoms with E-state index in [0.717, 1.165) is 24.4 Å². The van der Waals surface area contributed by atoms with Crippen molar-refractivity contribution in [1.82, 2.24) is 10.3 Å². The molecule has 1 atom stereocenters. The molecule has 17 heavy (non-hydrogen) atoms. The maximum Gasteiger partial charge on any atom is 0.138 e. The number of rotatable bonds is 4. The van der Waals surface area contributed by atoms with Crippen molar-refractivity contribution in [2.45, 2.75) is 26.4 Å². The van der Waals surface area contributed by atoms with E-state index in [0.29, 0.717) is 5.92 Å². The van der Waals surface area contributed by atoms with Crippen molar-refractivity contribution in [2.75, 3.05) is 13.1 Å². The number of pyridine rings is 1. The molecule has 0 aliphatic carbocycles. The van der Waals surface area contributed by atoms with E-state index in [9.17, 15) is 0 Å². The molecule has 0 spiro atoms. The SMILES string of the molecule is CC(C)Oc1cncc(/C=C/[C@H]2CCNC2)c1. The second-order valence-corrected chi connectivity index (χ2v) is 4.73. The van der Waals surface area contributed by atoms with Gasteiger partial charge in [-0.15, -0.1) is 0 Å². The lowest BCUT2D eigenvalue weighted by atomic mass is 10.1.